The number of hydrazone groups is 1. The van der Waals surface area contributed by atoms with Crippen LogP contribution in [0.4, 0.5) is 5.69 Å². The fourth-order valence-electron chi connectivity index (χ4n) is 3.35. The van der Waals surface area contributed by atoms with Gasteiger partial charge in [0.2, 0.25) is 0 Å². The van der Waals surface area contributed by atoms with Crippen LogP contribution in [0.5, 0.6) is 5.75 Å². The van der Waals surface area contributed by atoms with Crippen molar-refractivity contribution in [2.75, 3.05) is 10.8 Å². The van der Waals surface area contributed by atoms with E-state index in [1.807, 2.05) is 64.1 Å². The Bertz CT molecular complexity index is 1250. The number of nitrogens with zero attached hydrogens (tertiary/aromatic N) is 2. The third-order valence-corrected chi connectivity index (χ3v) is 6.67. The van der Waals surface area contributed by atoms with E-state index in [0.717, 1.165) is 26.7 Å². The van der Waals surface area contributed by atoms with Gasteiger partial charge in [-0.05, 0) is 81.3 Å². The lowest BCUT2D eigenvalue weighted by Crippen LogP contribution is -2.40. The van der Waals surface area contributed by atoms with Crippen molar-refractivity contribution in [3.8, 4) is 5.75 Å². The Morgan fingerprint density at radius 2 is 1.71 bits per heavy atom. The standard InChI is InChI=1S/C26H29N3O4S/c1-19(2)33-23-13-11-22(12-14-23)17-27-28-26(30)18-29(25-15-10-20(3)16-21(25)4)34(31,32)24-8-6-5-7-9-24/h5-17,19H,18H2,1-4H3,(H,28,30)/b27-17-. The van der Waals surface area contributed by atoms with Crippen LogP contribution in [0.25, 0.3) is 0 Å². The highest BCUT2D eigenvalue weighted by atomic mass is 32.2. The van der Waals surface area contributed by atoms with E-state index in [-0.39, 0.29) is 11.0 Å². The van der Waals surface area contributed by atoms with Gasteiger partial charge in [-0.1, -0.05) is 35.9 Å². The molecule has 0 aliphatic rings. The van der Waals surface area contributed by atoms with Gasteiger partial charge in [0, 0.05) is 0 Å². The summed E-state index contributed by atoms with van der Waals surface area (Å²) in [5.41, 5.74) is 5.38. The number of amides is 1. The monoisotopic (exact) mass is 479 g/mol. The summed E-state index contributed by atoms with van der Waals surface area (Å²) in [7, 11) is -3.97. The van der Waals surface area contributed by atoms with E-state index in [2.05, 4.69) is 10.5 Å². The first kappa shape index (κ1) is 25.0. The van der Waals surface area contributed by atoms with Gasteiger partial charge in [-0.3, -0.25) is 9.10 Å². The average molecular weight is 480 g/mol. The molecule has 1 N–H and O–H groups in total. The highest BCUT2D eigenvalue weighted by Crippen LogP contribution is 2.27. The minimum Gasteiger partial charge on any atom is -0.491 e. The molecule has 0 aliphatic carbocycles. The predicted molar refractivity (Wildman–Crippen MR) is 135 cm³/mol. The molecule has 0 heterocycles. The van der Waals surface area contributed by atoms with Crippen LogP contribution in [0.15, 0.2) is 82.8 Å². The maximum absolute atomic E-state index is 13.4. The lowest BCUT2D eigenvalue weighted by atomic mass is 10.1. The molecule has 0 unspecified atom stereocenters. The van der Waals surface area contributed by atoms with E-state index in [0.29, 0.717) is 5.69 Å². The Morgan fingerprint density at radius 1 is 1.03 bits per heavy atom. The molecule has 8 heteroatoms. The Morgan fingerprint density at radius 3 is 2.32 bits per heavy atom. The second-order valence-corrected chi connectivity index (χ2v) is 10.0. The quantitative estimate of drug-likeness (QED) is 0.363. The van der Waals surface area contributed by atoms with Crippen LogP contribution in [-0.2, 0) is 14.8 Å². The maximum Gasteiger partial charge on any atom is 0.264 e. The summed E-state index contributed by atoms with van der Waals surface area (Å²) in [4.78, 5) is 12.8. The molecule has 0 aliphatic heterocycles. The second kappa shape index (κ2) is 11.0. The number of sulfonamides is 1. The molecular weight excluding hydrogens is 450 g/mol. The van der Waals surface area contributed by atoms with E-state index in [9.17, 15) is 13.2 Å². The average Bonchev–Trinajstić information content (AvgIpc) is 2.79. The van der Waals surface area contributed by atoms with E-state index < -0.39 is 22.5 Å². The van der Waals surface area contributed by atoms with Crippen molar-refractivity contribution in [2.45, 2.75) is 38.7 Å². The van der Waals surface area contributed by atoms with Crippen LogP contribution in [-0.4, -0.2) is 33.2 Å². The number of carbonyl (C=O) groups is 1. The Balaban J connectivity index is 1.78. The van der Waals surface area contributed by atoms with Crippen molar-refractivity contribution in [3.05, 3.63) is 89.5 Å². The van der Waals surface area contributed by atoms with Gasteiger partial charge in [-0.15, -0.1) is 0 Å². The number of rotatable bonds is 9. The topological polar surface area (TPSA) is 88.1 Å². The van der Waals surface area contributed by atoms with Crippen LogP contribution < -0.4 is 14.5 Å². The number of carbonyl (C=O) groups excluding carboxylic acids is 1. The molecule has 1 amide bonds. The number of hydrogen-bond donors (Lipinski definition) is 1. The molecular formula is C26H29N3O4S. The highest BCUT2D eigenvalue weighted by molar-refractivity contribution is 7.92. The van der Waals surface area contributed by atoms with Crippen LogP contribution >= 0.6 is 0 Å². The van der Waals surface area contributed by atoms with Gasteiger partial charge in [-0.2, -0.15) is 5.10 Å². The molecule has 3 rings (SSSR count). The number of ether oxygens (including phenoxy) is 1. The Hall–Kier alpha value is -3.65. The van der Waals surface area contributed by atoms with Crippen LogP contribution in [0.2, 0.25) is 0 Å². The minimum absolute atomic E-state index is 0.0751. The summed E-state index contributed by atoms with van der Waals surface area (Å²) < 4.78 is 33.5. The first-order valence-electron chi connectivity index (χ1n) is 10.9. The van der Waals surface area contributed by atoms with Gasteiger partial charge in [0.15, 0.2) is 0 Å². The Labute approximate surface area is 201 Å². The molecule has 0 saturated carbocycles. The molecule has 7 nitrogen and oxygen atoms in total. The fourth-order valence-corrected chi connectivity index (χ4v) is 4.86. The molecule has 178 valence electrons. The summed E-state index contributed by atoms with van der Waals surface area (Å²) in [6, 6.07) is 20.7. The summed E-state index contributed by atoms with van der Waals surface area (Å²) in [6.45, 7) is 7.22. The number of aryl methyl sites for hydroxylation is 2. The van der Waals surface area contributed by atoms with Crippen molar-refractivity contribution in [3.63, 3.8) is 0 Å². The molecule has 3 aromatic rings. The van der Waals surface area contributed by atoms with Gasteiger partial charge in [0.1, 0.15) is 12.3 Å². The van der Waals surface area contributed by atoms with E-state index >= 15 is 0 Å². The summed E-state index contributed by atoms with van der Waals surface area (Å²) in [6.07, 6.45) is 1.57. The first-order chi connectivity index (χ1) is 16.2. The summed E-state index contributed by atoms with van der Waals surface area (Å²) in [5, 5.41) is 3.98. The number of hydrogen-bond acceptors (Lipinski definition) is 5. The molecule has 0 atom stereocenters. The van der Waals surface area contributed by atoms with Crippen LogP contribution in [0, 0.1) is 13.8 Å². The molecule has 3 aromatic carbocycles. The maximum atomic E-state index is 13.4. The van der Waals surface area contributed by atoms with Crippen molar-refractivity contribution < 1.29 is 17.9 Å². The van der Waals surface area contributed by atoms with Gasteiger partial charge in [0.25, 0.3) is 15.9 Å². The minimum atomic E-state index is -3.97. The Kier molecular flexibility index (Phi) is 8.07. The van der Waals surface area contributed by atoms with Gasteiger partial charge >= 0.3 is 0 Å². The number of anilines is 1. The van der Waals surface area contributed by atoms with Gasteiger partial charge in [0.05, 0.1) is 22.9 Å². The third-order valence-electron chi connectivity index (χ3n) is 4.89. The molecule has 0 fully saturated rings. The lowest BCUT2D eigenvalue weighted by Gasteiger charge is -2.25. The molecule has 0 radical (unpaired) electrons. The molecule has 0 spiro atoms. The zero-order valence-corrected chi connectivity index (χ0v) is 20.5. The normalized spacial score (nSPS) is 11.6. The molecule has 0 aromatic heterocycles. The zero-order chi connectivity index (χ0) is 24.7. The van der Waals surface area contributed by atoms with E-state index in [1.165, 1.54) is 18.3 Å². The van der Waals surface area contributed by atoms with Crippen molar-refractivity contribution >= 4 is 27.8 Å². The van der Waals surface area contributed by atoms with Crippen LogP contribution in [0.3, 0.4) is 0 Å². The van der Waals surface area contributed by atoms with Crippen molar-refractivity contribution in [1.29, 1.82) is 0 Å². The summed E-state index contributed by atoms with van der Waals surface area (Å²) in [5.74, 6) is 0.182. The first-order valence-corrected chi connectivity index (χ1v) is 12.3. The van der Waals surface area contributed by atoms with Crippen molar-refractivity contribution in [2.24, 2.45) is 5.10 Å². The zero-order valence-electron chi connectivity index (χ0n) is 19.7. The smallest absolute Gasteiger partial charge is 0.264 e. The van der Waals surface area contributed by atoms with E-state index in [1.54, 1.807) is 24.3 Å². The van der Waals surface area contributed by atoms with Gasteiger partial charge in [-0.25, -0.2) is 13.8 Å². The molecule has 0 bridgehead atoms. The third kappa shape index (κ3) is 6.45. The summed E-state index contributed by atoms with van der Waals surface area (Å²) >= 11 is 0. The second-order valence-electron chi connectivity index (χ2n) is 8.14. The number of benzene rings is 3. The van der Waals surface area contributed by atoms with Gasteiger partial charge < -0.3 is 4.74 Å². The van der Waals surface area contributed by atoms with Crippen molar-refractivity contribution in [1.82, 2.24) is 5.43 Å². The largest absolute Gasteiger partial charge is 0.491 e. The lowest BCUT2D eigenvalue weighted by molar-refractivity contribution is -0.119. The highest BCUT2D eigenvalue weighted by Gasteiger charge is 2.28. The van der Waals surface area contributed by atoms with Crippen LogP contribution in [0.1, 0.15) is 30.5 Å². The SMILES string of the molecule is Cc1ccc(N(CC(=O)N/N=C\c2ccc(OC(C)C)cc2)S(=O)(=O)c2ccccc2)c(C)c1. The molecule has 0 saturated heterocycles. The number of nitrogens with one attached hydrogen (secondary N) is 1. The predicted octanol–water partition coefficient (Wildman–Crippen LogP) is 4.44. The fraction of sp³-hybridized carbons (Fsp3) is 0.231. The van der Waals surface area contributed by atoms with E-state index in [4.69, 9.17) is 4.74 Å². The molecule has 34 heavy (non-hydrogen) atoms.